The van der Waals surface area contributed by atoms with E-state index in [0.717, 1.165) is 22.1 Å². The van der Waals surface area contributed by atoms with Gasteiger partial charge in [-0.2, -0.15) is 0 Å². The van der Waals surface area contributed by atoms with Gasteiger partial charge in [0.2, 0.25) is 5.95 Å². The summed E-state index contributed by atoms with van der Waals surface area (Å²) in [7, 11) is 0. The van der Waals surface area contributed by atoms with E-state index in [-0.39, 0.29) is 0 Å². The largest absolute Gasteiger partial charge is 0.276 e. The van der Waals surface area contributed by atoms with Gasteiger partial charge in [-0.1, -0.05) is 103 Å². The topological polar surface area (TPSA) is 30.7 Å². The van der Waals surface area contributed by atoms with Crippen LogP contribution in [0.3, 0.4) is 0 Å². The lowest BCUT2D eigenvalue weighted by atomic mass is 10.0. The molecule has 0 spiro atoms. The van der Waals surface area contributed by atoms with Crippen LogP contribution in [-0.4, -0.2) is 14.5 Å². The van der Waals surface area contributed by atoms with E-state index in [0.29, 0.717) is 5.95 Å². The predicted octanol–water partition coefficient (Wildman–Crippen LogP) is 10.4. The van der Waals surface area contributed by atoms with Gasteiger partial charge in [-0.15, -0.1) is 11.3 Å². The molecule has 0 aliphatic carbocycles. The zero-order chi connectivity index (χ0) is 26.7. The second-order valence-corrected chi connectivity index (χ2v) is 12.7. The van der Waals surface area contributed by atoms with Gasteiger partial charge in [0.25, 0.3) is 0 Å². The number of nitrogens with zero attached hydrogens (tertiary/aromatic N) is 3. The highest BCUT2D eigenvalue weighted by molar-refractivity contribution is 7.99. The van der Waals surface area contributed by atoms with E-state index in [4.69, 9.17) is 9.97 Å². The van der Waals surface area contributed by atoms with Gasteiger partial charge in [-0.25, -0.2) is 9.97 Å². The summed E-state index contributed by atoms with van der Waals surface area (Å²) in [6, 6.07) is 41.5. The summed E-state index contributed by atoms with van der Waals surface area (Å²) in [6.45, 7) is 0. The Morgan fingerprint density at radius 2 is 1.29 bits per heavy atom. The van der Waals surface area contributed by atoms with Crippen molar-refractivity contribution in [2.24, 2.45) is 0 Å². The molecule has 0 amide bonds. The maximum atomic E-state index is 5.43. The van der Waals surface area contributed by atoms with Crippen LogP contribution >= 0.6 is 23.1 Å². The third kappa shape index (κ3) is 2.89. The Hall–Kier alpha value is -4.71. The first-order chi connectivity index (χ1) is 20.3. The Morgan fingerprint density at radius 3 is 2.27 bits per heavy atom. The molecule has 0 saturated carbocycles. The van der Waals surface area contributed by atoms with Crippen LogP contribution in [0.5, 0.6) is 0 Å². The van der Waals surface area contributed by atoms with Crippen molar-refractivity contribution >= 4 is 86.8 Å². The summed E-state index contributed by atoms with van der Waals surface area (Å²) in [5.74, 6) is 0.715. The van der Waals surface area contributed by atoms with Crippen LogP contribution in [-0.2, 0) is 0 Å². The normalized spacial score (nSPS) is 12.8. The fourth-order valence-electron chi connectivity index (χ4n) is 6.63. The number of hydrogen-bond acceptors (Lipinski definition) is 4. The summed E-state index contributed by atoms with van der Waals surface area (Å²) >= 11 is 3.66. The Bertz CT molecular complexity index is 2570. The van der Waals surface area contributed by atoms with Crippen LogP contribution in [0.25, 0.3) is 80.9 Å². The third-order valence-corrected chi connectivity index (χ3v) is 10.7. The molecule has 9 aromatic rings. The van der Waals surface area contributed by atoms with Crippen LogP contribution in [0.4, 0.5) is 0 Å². The molecule has 3 nitrogen and oxygen atoms in total. The van der Waals surface area contributed by atoms with Crippen molar-refractivity contribution in [3.05, 3.63) is 115 Å². The number of fused-ring (bicyclic) bond motifs is 11. The Balaban J connectivity index is 1.45. The lowest BCUT2D eigenvalue weighted by Gasteiger charge is -2.20. The highest BCUT2D eigenvalue weighted by Crippen LogP contribution is 2.48. The standard InChI is InChI=1S/C36H19N3S2/c1-2-9-21-20(8-1)16-17-23-24-18-19-25-22-10-3-5-13-28(22)41-35(25)34(24)39(33(21)23)36-37-27-12-7-15-30-31(27)32(38-36)26-11-4-6-14-29(26)40-30/h1-19H. The Labute approximate surface area is 242 Å². The second kappa shape index (κ2) is 7.94. The molecule has 1 aliphatic heterocycles. The van der Waals surface area contributed by atoms with Crippen molar-refractivity contribution in [1.82, 2.24) is 14.5 Å². The molecule has 5 heteroatoms. The molecule has 0 N–H and O–H groups in total. The van der Waals surface area contributed by atoms with Crippen molar-refractivity contribution in [2.75, 3.05) is 0 Å². The van der Waals surface area contributed by atoms with Gasteiger partial charge >= 0.3 is 0 Å². The molecule has 0 atom stereocenters. The van der Waals surface area contributed by atoms with E-state index in [9.17, 15) is 0 Å². The molecule has 0 unspecified atom stereocenters. The van der Waals surface area contributed by atoms with Crippen molar-refractivity contribution in [2.45, 2.75) is 9.79 Å². The molecule has 6 aromatic carbocycles. The van der Waals surface area contributed by atoms with Gasteiger partial charge in [-0.05, 0) is 29.7 Å². The number of rotatable bonds is 1. The Morgan fingerprint density at radius 1 is 0.537 bits per heavy atom. The molecule has 1 aliphatic rings. The number of hydrogen-bond donors (Lipinski definition) is 0. The molecule has 10 rings (SSSR count). The summed E-state index contributed by atoms with van der Waals surface area (Å²) in [4.78, 5) is 13.2. The van der Waals surface area contributed by atoms with Crippen LogP contribution in [0.15, 0.2) is 125 Å². The van der Waals surface area contributed by atoms with E-state index >= 15 is 0 Å². The fourth-order valence-corrected chi connectivity index (χ4v) is 8.98. The molecule has 41 heavy (non-hydrogen) atoms. The second-order valence-electron chi connectivity index (χ2n) is 10.6. The van der Waals surface area contributed by atoms with Crippen LogP contribution < -0.4 is 0 Å². The summed E-state index contributed by atoms with van der Waals surface area (Å²) in [6.07, 6.45) is 0. The molecule has 0 radical (unpaired) electrons. The average molecular weight is 558 g/mol. The van der Waals surface area contributed by atoms with E-state index in [2.05, 4.69) is 120 Å². The Kier molecular flexibility index (Phi) is 4.27. The van der Waals surface area contributed by atoms with Gasteiger partial charge in [0, 0.05) is 52.4 Å². The van der Waals surface area contributed by atoms with E-state index < -0.39 is 0 Å². The average Bonchev–Trinajstić information content (AvgIpc) is 3.57. The smallest absolute Gasteiger partial charge is 0.235 e. The summed E-state index contributed by atoms with van der Waals surface area (Å²) < 4.78 is 4.91. The molecular formula is C36H19N3S2. The first kappa shape index (κ1) is 22.0. The van der Waals surface area contributed by atoms with Crippen molar-refractivity contribution in [3.63, 3.8) is 0 Å². The first-order valence-corrected chi connectivity index (χ1v) is 15.3. The van der Waals surface area contributed by atoms with Crippen molar-refractivity contribution in [1.29, 1.82) is 0 Å². The molecule has 0 fully saturated rings. The number of benzene rings is 6. The zero-order valence-corrected chi connectivity index (χ0v) is 23.3. The fraction of sp³-hybridized carbons (Fsp3) is 0. The highest BCUT2D eigenvalue weighted by atomic mass is 32.2. The molecule has 4 heterocycles. The minimum atomic E-state index is 0.715. The number of thiophene rings is 1. The lowest BCUT2D eigenvalue weighted by Crippen LogP contribution is -2.06. The predicted molar refractivity (Wildman–Crippen MR) is 174 cm³/mol. The first-order valence-electron chi connectivity index (χ1n) is 13.7. The minimum absolute atomic E-state index is 0.715. The van der Waals surface area contributed by atoms with Crippen LogP contribution in [0.2, 0.25) is 0 Å². The summed E-state index contributed by atoms with van der Waals surface area (Å²) in [5.41, 5.74) is 5.49. The zero-order valence-electron chi connectivity index (χ0n) is 21.6. The van der Waals surface area contributed by atoms with E-state index in [1.165, 1.54) is 62.6 Å². The number of aromatic nitrogens is 3. The molecule has 3 aromatic heterocycles. The third-order valence-electron chi connectivity index (χ3n) is 8.39. The van der Waals surface area contributed by atoms with Gasteiger partial charge in [0.05, 0.1) is 26.9 Å². The van der Waals surface area contributed by atoms with E-state index in [1.54, 1.807) is 11.8 Å². The summed E-state index contributed by atoms with van der Waals surface area (Å²) in [5, 5.41) is 8.57. The monoisotopic (exact) mass is 557 g/mol. The molecule has 0 bridgehead atoms. The van der Waals surface area contributed by atoms with Gasteiger partial charge < -0.3 is 0 Å². The van der Waals surface area contributed by atoms with Crippen molar-refractivity contribution in [3.8, 4) is 17.2 Å². The highest BCUT2D eigenvalue weighted by Gasteiger charge is 2.25. The SMILES string of the molecule is c1ccc2c(c1)Sc1cccc3nc(-n4c5c6ccccc6ccc5c5ccc6c7ccccc7sc6c54)nc-2c13. The molecular weight excluding hydrogens is 539 g/mol. The van der Waals surface area contributed by atoms with Gasteiger partial charge in [0.15, 0.2) is 0 Å². The van der Waals surface area contributed by atoms with Crippen LogP contribution in [0, 0.1) is 0 Å². The van der Waals surface area contributed by atoms with Gasteiger partial charge in [-0.3, -0.25) is 4.57 Å². The maximum absolute atomic E-state index is 5.43. The quantitative estimate of drug-likeness (QED) is 0.201. The molecule has 190 valence electrons. The lowest BCUT2D eigenvalue weighted by molar-refractivity contribution is 1.01. The van der Waals surface area contributed by atoms with Crippen LogP contribution in [0.1, 0.15) is 0 Å². The molecule has 0 saturated heterocycles. The van der Waals surface area contributed by atoms with E-state index in [1.807, 2.05) is 11.3 Å². The maximum Gasteiger partial charge on any atom is 0.235 e. The van der Waals surface area contributed by atoms with Crippen molar-refractivity contribution < 1.29 is 0 Å². The van der Waals surface area contributed by atoms with Gasteiger partial charge in [0.1, 0.15) is 0 Å². The minimum Gasteiger partial charge on any atom is -0.276 e.